The second kappa shape index (κ2) is 7.15. The molecule has 25 heavy (non-hydrogen) atoms. The van der Waals surface area contributed by atoms with Gasteiger partial charge in [-0.05, 0) is 43.3 Å². The van der Waals surface area contributed by atoms with Gasteiger partial charge in [-0.25, -0.2) is 4.98 Å². The van der Waals surface area contributed by atoms with Gasteiger partial charge in [-0.2, -0.15) is 0 Å². The molecule has 1 aromatic carbocycles. The highest BCUT2D eigenvalue weighted by Gasteiger charge is 2.12. The molecular weight excluding hydrogens is 422 g/mol. The van der Waals surface area contributed by atoms with Crippen molar-refractivity contribution in [3.8, 4) is 22.2 Å². The molecule has 3 aromatic heterocycles. The summed E-state index contributed by atoms with van der Waals surface area (Å²) in [6.07, 6.45) is 0. The number of benzene rings is 1. The largest absolute Gasteiger partial charge is 0.459 e. The van der Waals surface area contributed by atoms with E-state index in [1.165, 1.54) is 11.8 Å². The minimum absolute atomic E-state index is 0.514. The van der Waals surface area contributed by atoms with Crippen LogP contribution in [0.5, 0.6) is 0 Å². The summed E-state index contributed by atoms with van der Waals surface area (Å²) in [6.45, 7) is 1.92. The Labute approximate surface area is 160 Å². The zero-order valence-corrected chi connectivity index (χ0v) is 16.3. The third-order valence-electron chi connectivity index (χ3n) is 3.34. The van der Waals surface area contributed by atoms with E-state index in [1.54, 1.807) is 11.3 Å². The number of nitrogens with zero attached hydrogens (tertiary/aromatic N) is 3. The zero-order valence-electron chi connectivity index (χ0n) is 13.1. The Morgan fingerprint density at radius 3 is 2.68 bits per heavy atom. The lowest BCUT2D eigenvalue weighted by Crippen LogP contribution is -1.81. The van der Waals surface area contributed by atoms with Gasteiger partial charge in [0, 0.05) is 21.2 Å². The van der Waals surface area contributed by atoms with E-state index in [2.05, 4.69) is 31.1 Å². The average molecular weight is 434 g/mol. The number of aryl methyl sites for hydroxylation is 1. The number of halogens is 1. The molecule has 4 rings (SSSR count). The van der Waals surface area contributed by atoms with E-state index in [1.807, 2.05) is 48.7 Å². The van der Waals surface area contributed by atoms with Gasteiger partial charge >= 0.3 is 0 Å². The molecule has 0 unspecified atom stereocenters. The van der Waals surface area contributed by atoms with Gasteiger partial charge in [0.05, 0.1) is 5.69 Å². The minimum atomic E-state index is 0.514. The molecule has 0 spiro atoms. The van der Waals surface area contributed by atoms with Crippen molar-refractivity contribution in [2.75, 3.05) is 0 Å². The molecule has 0 N–H and O–H groups in total. The van der Waals surface area contributed by atoms with Crippen LogP contribution in [0, 0.1) is 6.92 Å². The van der Waals surface area contributed by atoms with E-state index in [-0.39, 0.29) is 0 Å². The third-order valence-corrected chi connectivity index (χ3v) is 5.63. The molecule has 5 nitrogen and oxygen atoms in total. The molecule has 0 aliphatic carbocycles. The number of aromatic nitrogens is 3. The topological polar surface area (TPSA) is 65.0 Å². The lowest BCUT2D eigenvalue weighted by Gasteiger charge is -1.95. The number of rotatable bonds is 5. The zero-order chi connectivity index (χ0) is 17.2. The van der Waals surface area contributed by atoms with Crippen LogP contribution in [0.25, 0.3) is 22.2 Å². The highest BCUT2D eigenvalue weighted by Crippen LogP contribution is 2.30. The van der Waals surface area contributed by atoms with Crippen molar-refractivity contribution in [2.45, 2.75) is 17.9 Å². The predicted octanol–water partition coefficient (Wildman–Crippen LogP) is 5.82. The highest BCUT2D eigenvalue weighted by molar-refractivity contribution is 9.10. The summed E-state index contributed by atoms with van der Waals surface area (Å²) in [5.74, 6) is 2.86. The van der Waals surface area contributed by atoms with Crippen LogP contribution in [0.15, 0.2) is 60.3 Å². The molecule has 0 fully saturated rings. The van der Waals surface area contributed by atoms with Gasteiger partial charge in [0.15, 0.2) is 10.8 Å². The van der Waals surface area contributed by atoms with Crippen molar-refractivity contribution in [3.05, 3.63) is 57.7 Å². The molecule has 4 aromatic rings. The van der Waals surface area contributed by atoms with Crippen LogP contribution in [-0.2, 0) is 5.75 Å². The second-order valence-corrected chi connectivity index (χ2v) is 7.92. The molecule has 0 aliphatic heterocycles. The Balaban J connectivity index is 1.42. The normalized spacial score (nSPS) is 11.1. The van der Waals surface area contributed by atoms with Crippen LogP contribution in [0.3, 0.4) is 0 Å². The van der Waals surface area contributed by atoms with Crippen molar-refractivity contribution in [3.63, 3.8) is 0 Å². The van der Waals surface area contributed by atoms with Gasteiger partial charge in [-0.3, -0.25) is 0 Å². The highest BCUT2D eigenvalue weighted by atomic mass is 79.9. The maximum Gasteiger partial charge on any atom is 0.277 e. The molecule has 0 atom stereocenters. The fourth-order valence-electron chi connectivity index (χ4n) is 2.15. The summed E-state index contributed by atoms with van der Waals surface area (Å²) >= 11 is 6.45. The van der Waals surface area contributed by atoms with Gasteiger partial charge in [0.25, 0.3) is 5.22 Å². The van der Waals surface area contributed by atoms with Crippen molar-refractivity contribution >= 4 is 39.0 Å². The fraction of sp³-hybridized carbons (Fsp3) is 0.118. The molecule has 0 aliphatic rings. The first kappa shape index (κ1) is 16.6. The third kappa shape index (κ3) is 3.86. The summed E-state index contributed by atoms with van der Waals surface area (Å²) in [4.78, 5) is 4.59. The molecule has 0 bridgehead atoms. The lowest BCUT2D eigenvalue weighted by atomic mass is 10.2. The maximum atomic E-state index is 5.71. The van der Waals surface area contributed by atoms with Gasteiger partial charge < -0.3 is 8.83 Å². The molecule has 3 heterocycles. The Bertz CT molecular complexity index is 991. The van der Waals surface area contributed by atoms with Crippen molar-refractivity contribution in [1.82, 2.24) is 15.2 Å². The van der Waals surface area contributed by atoms with Crippen LogP contribution in [-0.4, -0.2) is 15.2 Å². The monoisotopic (exact) mass is 433 g/mol. The molecular formula is C17H12BrN3O2S2. The van der Waals surface area contributed by atoms with Gasteiger partial charge in [-0.15, -0.1) is 21.5 Å². The van der Waals surface area contributed by atoms with Crippen LogP contribution < -0.4 is 0 Å². The first-order valence-electron chi connectivity index (χ1n) is 7.41. The maximum absolute atomic E-state index is 5.71. The Morgan fingerprint density at radius 2 is 1.92 bits per heavy atom. The minimum Gasteiger partial charge on any atom is -0.459 e. The first-order chi connectivity index (χ1) is 12.2. The smallest absolute Gasteiger partial charge is 0.277 e. The summed E-state index contributed by atoms with van der Waals surface area (Å²) in [7, 11) is 0. The molecule has 0 saturated heterocycles. The van der Waals surface area contributed by atoms with Crippen molar-refractivity contribution < 1.29 is 8.83 Å². The van der Waals surface area contributed by atoms with E-state index in [0.29, 0.717) is 16.9 Å². The van der Waals surface area contributed by atoms with Gasteiger partial charge in [0.1, 0.15) is 5.76 Å². The number of furan rings is 1. The Morgan fingerprint density at radius 1 is 1.08 bits per heavy atom. The summed E-state index contributed by atoms with van der Waals surface area (Å²) in [5.41, 5.74) is 1.86. The van der Waals surface area contributed by atoms with E-state index in [0.717, 1.165) is 32.3 Å². The summed E-state index contributed by atoms with van der Waals surface area (Å²) < 4.78 is 12.3. The molecule has 126 valence electrons. The quantitative estimate of drug-likeness (QED) is 0.369. The van der Waals surface area contributed by atoms with E-state index < -0.39 is 0 Å². The van der Waals surface area contributed by atoms with Crippen molar-refractivity contribution in [1.29, 1.82) is 0 Å². The van der Waals surface area contributed by atoms with Crippen molar-refractivity contribution in [2.24, 2.45) is 0 Å². The Hall–Kier alpha value is -1.90. The van der Waals surface area contributed by atoms with E-state index in [4.69, 9.17) is 8.83 Å². The van der Waals surface area contributed by atoms with Gasteiger partial charge in [0.2, 0.25) is 5.89 Å². The predicted molar refractivity (Wildman–Crippen MR) is 102 cm³/mol. The summed E-state index contributed by atoms with van der Waals surface area (Å²) in [5, 5.41) is 11.6. The van der Waals surface area contributed by atoms with Crippen LogP contribution >= 0.6 is 39.0 Å². The molecule has 8 heteroatoms. The SMILES string of the molecule is Cc1ccc(-c2nc(CSc3nnc(-c4ccc(Br)cc4)o3)cs2)o1. The Kier molecular flexibility index (Phi) is 4.74. The van der Waals surface area contributed by atoms with Gasteiger partial charge in [-0.1, -0.05) is 27.7 Å². The van der Waals surface area contributed by atoms with Crippen LogP contribution in [0.4, 0.5) is 0 Å². The first-order valence-corrected chi connectivity index (χ1v) is 10.1. The number of thioether (sulfide) groups is 1. The standard InChI is InChI=1S/C17H12BrN3O2S2/c1-10-2-7-14(22-10)16-19-13(8-24-16)9-25-17-21-20-15(23-17)11-3-5-12(18)6-4-11/h2-8H,9H2,1H3. The molecule has 0 saturated carbocycles. The lowest BCUT2D eigenvalue weighted by molar-refractivity contribution is 0.466. The fourth-order valence-corrected chi connectivity index (χ4v) is 3.95. The average Bonchev–Trinajstić information content (AvgIpc) is 3.34. The second-order valence-electron chi connectivity index (χ2n) is 5.22. The van der Waals surface area contributed by atoms with E-state index >= 15 is 0 Å². The molecule has 0 radical (unpaired) electrons. The molecule has 0 amide bonds. The van der Waals surface area contributed by atoms with E-state index in [9.17, 15) is 0 Å². The number of hydrogen-bond acceptors (Lipinski definition) is 7. The van der Waals surface area contributed by atoms with Crippen LogP contribution in [0.2, 0.25) is 0 Å². The summed E-state index contributed by atoms with van der Waals surface area (Å²) in [6, 6.07) is 11.6. The number of thiazole rings is 1. The number of hydrogen-bond donors (Lipinski definition) is 0. The van der Waals surface area contributed by atoms with Crippen LogP contribution in [0.1, 0.15) is 11.5 Å².